The Hall–Kier alpha value is -0.105. The van der Waals surface area contributed by atoms with Crippen molar-refractivity contribution in [3.63, 3.8) is 0 Å². The third-order valence-electron chi connectivity index (χ3n) is 1.31. The molecule has 0 unspecified atom stereocenters. The van der Waals surface area contributed by atoms with Crippen molar-refractivity contribution in [1.29, 1.82) is 0 Å². The summed E-state index contributed by atoms with van der Waals surface area (Å²) in [5.74, 6) is -3.69. The van der Waals surface area contributed by atoms with Crippen molar-refractivity contribution < 1.29 is 83.4 Å². The Labute approximate surface area is 122 Å². The summed E-state index contributed by atoms with van der Waals surface area (Å²) < 4.78 is 0. The van der Waals surface area contributed by atoms with Crippen molar-refractivity contribution in [3.8, 4) is 17.2 Å². The molecule has 0 bridgehead atoms. The Balaban J connectivity index is 0.00000144. The van der Waals surface area contributed by atoms with Gasteiger partial charge in [0.15, 0.2) is 17.2 Å². The zero-order valence-corrected chi connectivity index (χ0v) is 11.7. The number of hydrogen-bond acceptors (Lipinski definition) is 5. The Kier molecular flexibility index (Phi) is 4.91. The van der Waals surface area contributed by atoms with Gasteiger partial charge in [0.05, 0.1) is 5.97 Å². The average Bonchev–Trinajstić information content (AvgIpc) is 1.99. The third kappa shape index (κ3) is 2.94. The smallest absolute Gasteiger partial charge is 0.545 e. The van der Waals surface area contributed by atoms with Gasteiger partial charge in [-0.15, -0.1) is 0 Å². The Morgan fingerprint density at radius 3 is 1.85 bits per heavy atom. The third-order valence-corrected chi connectivity index (χ3v) is 1.31. The largest absolute Gasteiger partial charge is 1.00 e. The molecular formula is C7H5O5Rb. The minimum atomic E-state index is -1.54. The van der Waals surface area contributed by atoms with E-state index >= 15 is 0 Å². The fraction of sp³-hybridized carbons (Fsp3) is 0. The molecule has 0 amide bonds. The number of carboxylic acid groups (broad SMARTS) is 1. The molecule has 0 aromatic heterocycles. The molecule has 0 heterocycles. The minimum Gasteiger partial charge on any atom is -0.545 e. The van der Waals surface area contributed by atoms with Gasteiger partial charge in [0.2, 0.25) is 0 Å². The molecule has 0 spiro atoms. The maximum absolute atomic E-state index is 10.2. The van der Waals surface area contributed by atoms with Crippen molar-refractivity contribution in [2.75, 3.05) is 0 Å². The van der Waals surface area contributed by atoms with E-state index in [1.165, 1.54) is 0 Å². The molecule has 0 saturated carbocycles. The number of rotatable bonds is 1. The van der Waals surface area contributed by atoms with E-state index in [0.29, 0.717) is 0 Å². The number of aromatic carboxylic acids is 1. The zero-order chi connectivity index (χ0) is 9.30. The molecule has 0 fully saturated rings. The van der Waals surface area contributed by atoms with Crippen LogP contribution in [-0.2, 0) is 0 Å². The number of phenolic OH excluding ortho intramolecular Hbond substituents is 3. The van der Waals surface area contributed by atoms with Gasteiger partial charge in [0.25, 0.3) is 0 Å². The molecule has 3 N–H and O–H groups in total. The fourth-order valence-electron chi connectivity index (χ4n) is 0.722. The van der Waals surface area contributed by atoms with E-state index in [4.69, 9.17) is 15.3 Å². The molecule has 6 heteroatoms. The van der Waals surface area contributed by atoms with Gasteiger partial charge in [-0.05, 0) is 12.1 Å². The molecular weight excluding hydrogens is 250 g/mol. The maximum Gasteiger partial charge on any atom is 1.00 e. The Bertz CT molecular complexity index is 313. The topological polar surface area (TPSA) is 101 Å². The van der Waals surface area contributed by atoms with E-state index in [-0.39, 0.29) is 58.2 Å². The average molecular weight is 255 g/mol. The fourth-order valence-corrected chi connectivity index (χ4v) is 0.722. The molecule has 1 rings (SSSR count). The summed E-state index contributed by atoms with van der Waals surface area (Å²) in [6.07, 6.45) is 0. The second kappa shape index (κ2) is 4.95. The van der Waals surface area contributed by atoms with Crippen LogP contribution in [0.25, 0.3) is 0 Å². The number of carboxylic acids is 1. The van der Waals surface area contributed by atoms with E-state index in [2.05, 4.69) is 0 Å². The summed E-state index contributed by atoms with van der Waals surface area (Å²) in [6, 6.07) is 1.56. The van der Waals surface area contributed by atoms with Crippen LogP contribution in [0.3, 0.4) is 0 Å². The van der Waals surface area contributed by atoms with Crippen LogP contribution < -0.4 is 63.3 Å². The summed E-state index contributed by atoms with van der Waals surface area (Å²) in [7, 11) is 0. The number of carbonyl (C=O) groups excluding carboxylic acids is 1. The maximum atomic E-state index is 10.2. The first kappa shape index (κ1) is 12.9. The number of hydrogen-bond donors (Lipinski definition) is 3. The van der Waals surface area contributed by atoms with E-state index in [0.717, 1.165) is 12.1 Å². The van der Waals surface area contributed by atoms with E-state index in [9.17, 15) is 9.90 Å². The van der Waals surface area contributed by atoms with Crippen LogP contribution >= 0.6 is 0 Å². The first-order chi connectivity index (χ1) is 5.52. The van der Waals surface area contributed by atoms with Crippen LogP contribution in [0.15, 0.2) is 12.1 Å². The van der Waals surface area contributed by atoms with Crippen molar-refractivity contribution in [3.05, 3.63) is 17.7 Å². The van der Waals surface area contributed by atoms with Gasteiger partial charge in [0, 0.05) is 5.56 Å². The second-order valence-corrected chi connectivity index (χ2v) is 2.15. The molecule has 1 aromatic rings. The van der Waals surface area contributed by atoms with Crippen molar-refractivity contribution in [1.82, 2.24) is 0 Å². The monoisotopic (exact) mass is 254 g/mol. The van der Waals surface area contributed by atoms with Crippen molar-refractivity contribution >= 4 is 5.97 Å². The van der Waals surface area contributed by atoms with Gasteiger partial charge in [-0.3, -0.25) is 0 Å². The molecule has 0 atom stereocenters. The molecule has 0 aliphatic rings. The Morgan fingerprint density at radius 2 is 1.54 bits per heavy atom. The quantitative estimate of drug-likeness (QED) is 0.446. The number of phenols is 3. The van der Waals surface area contributed by atoms with Crippen LogP contribution in [0, 0.1) is 0 Å². The summed E-state index contributed by atoms with van der Waals surface area (Å²) in [5, 5.41) is 36.7. The molecule has 0 radical (unpaired) electrons. The number of carbonyl (C=O) groups is 1. The Morgan fingerprint density at radius 1 is 1.15 bits per heavy atom. The standard InChI is InChI=1S/C7H6O5.Rb/c8-4-1-3(7(11)12)2-5(9)6(4)10;/h1-2,8-10H,(H,11,12);/q;+1/p-1. The number of benzene rings is 1. The summed E-state index contributed by atoms with van der Waals surface area (Å²) in [6.45, 7) is 0. The van der Waals surface area contributed by atoms with Gasteiger partial charge >= 0.3 is 58.2 Å². The van der Waals surface area contributed by atoms with Crippen LogP contribution in [0.1, 0.15) is 10.4 Å². The van der Waals surface area contributed by atoms with E-state index in [1.54, 1.807) is 0 Å². The van der Waals surface area contributed by atoms with Crippen LogP contribution in [0.4, 0.5) is 0 Å². The molecule has 0 aliphatic carbocycles. The van der Waals surface area contributed by atoms with Crippen molar-refractivity contribution in [2.24, 2.45) is 0 Å². The first-order valence-electron chi connectivity index (χ1n) is 2.98. The second-order valence-electron chi connectivity index (χ2n) is 2.15. The molecule has 0 saturated heterocycles. The van der Waals surface area contributed by atoms with Crippen LogP contribution in [0.5, 0.6) is 17.2 Å². The normalized spacial score (nSPS) is 8.92. The predicted molar refractivity (Wildman–Crippen MR) is 35.8 cm³/mol. The molecule has 0 aliphatic heterocycles. The van der Waals surface area contributed by atoms with Crippen LogP contribution in [-0.4, -0.2) is 21.3 Å². The van der Waals surface area contributed by atoms with Crippen molar-refractivity contribution in [2.45, 2.75) is 0 Å². The zero-order valence-electron chi connectivity index (χ0n) is 6.81. The minimum absolute atomic E-state index is 0. The van der Waals surface area contributed by atoms with Crippen LogP contribution in [0.2, 0.25) is 0 Å². The summed E-state index contributed by atoms with van der Waals surface area (Å²) in [5.41, 5.74) is -0.400. The van der Waals surface area contributed by atoms with E-state index in [1.807, 2.05) is 0 Å². The first-order valence-corrected chi connectivity index (χ1v) is 2.98. The molecule has 13 heavy (non-hydrogen) atoms. The molecule has 1 aromatic carbocycles. The predicted octanol–water partition coefficient (Wildman–Crippen LogP) is -3.83. The SMILES string of the molecule is O=C([O-])c1cc(O)c(O)c(O)c1.[Rb+]. The van der Waals surface area contributed by atoms with Gasteiger partial charge in [-0.25, -0.2) is 0 Å². The summed E-state index contributed by atoms with van der Waals surface area (Å²) >= 11 is 0. The number of aromatic hydroxyl groups is 3. The van der Waals surface area contributed by atoms with E-state index < -0.39 is 28.8 Å². The van der Waals surface area contributed by atoms with Gasteiger partial charge in [-0.1, -0.05) is 0 Å². The molecule has 5 nitrogen and oxygen atoms in total. The molecule has 64 valence electrons. The summed E-state index contributed by atoms with van der Waals surface area (Å²) in [4.78, 5) is 10.2. The van der Waals surface area contributed by atoms with Gasteiger partial charge < -0.3 is 25.2 Å². The van der Waals surface area contributed by atoms with Gasteiger partial charge in [-0.2, -0.15) is 0 Å². The van der Waals surface area contributed by atoms with Gasteiger partial charge in [0.1, 0.15) is 0 Å².